The van der Waals surface area contributed by atoms with Crippen LogP contribution in [0.3, 0.4) is 0 Å². The monoisotopic (exact) mass is 415 g/mol. The quantitative estimate of drug-likeness (QED) is 0.430. The van der Waals surface area contributed by atoms with E-state index in [1.54, 1.807) is 18.2 Å². The summed E-state index contributed by atoms with van der Waals surface area (Å²) in [7, 11) is 1.64. The summed E-state index contributed by atoms with van der Waals surface area (Å²) in [6, 6.07) is 27.1. The third kappa shape index (κ3) is 4.60. The van der Waals surface area contributed by atoms with E-state index in [0.717, 1.165) is 22.6 Å². The number of rotatable bonds is 6. The molecule has 1 aliphatic heterocycles. The van der Waals surface area contributed by atoms with Gasteiger partial charge in [0.15, 0.2) is 5.17 Å². The fourth-order valence-corrected chi connectivity index (χ4v) is 4.27. The average molecular weight is 416 g/mol. The lowest BCUT2D eigenvalue weighted by Crippen LogP contribution is -2.32. The zero-order valence-electron chi connectivity index (χ0n) is 16.5. The maximum atomic E-state index is 13.2. The van der Waals surface area contributed by atoms with Crippen molar-refractivity contribution >= 4 is 34.7 Å². The number of carbonyl (C=O) groups excluding carboxylic acids is 1. The molecule has 6 heteroatoms. The van der Waals surface area contributed by atoms with Gasteiger partial charge in [0.2, 0.25) is 5.91 Å². The van der Waals surface area contributed by atoms with E-state index in [2.05, 4.69) is 10.2 Å². The van der Waals surface area contributed by atoms with E-state index in [1.807, 2.05) is 84.9 Å². The van der Waals surface area contributed by atoms with Gasteiger partial charge in [-0.25, -0.2) is 0 Å². The number of para-hydroxylation sites is 1. The van der Waals surface area contributed by atoms with Crippen molar-refractivity contribution in [2.45, 2.75) is 11.7 Å². The van der Waals surface area contributed by atoms with Crippen molar-refractivity contribution < 1.29 is 9.53 Å². The molecule has 1 fully saturated rings. The number of amidine groups is 1. The lowest BCUT2D eigenvalue weighted by atomic mass is 10.1. The normalized spacial score (nSPS) is 17.8. The molecule has 0 saturated carbocycles. The first-order chi connectivity index (χ1) is 14.7. The van der Waals surface area contributed by atoms with E-state index >= 15 is 0 Å². The smallest absolute Gasteiger partial charge is 0.247 e. The Kier molecular flexibility index (Phi) is 6.25. The molecule has 1 heterocycles. The van der Waals surface area contributed by atoms with Gasteiger partial charge in [-0.1, -0.05) is 72.4 Å². The maximum absolute atomic E-state index is 13.2. The SMILES string of the molecule is COc1ccc(CC2S/C(=N\N=C\c3ccccc3)N(c3ccccc3)C2=O)cc1. The molecule has 0 aromatic heterocycles. The van der Waals surface area contributed by atoms with E-state index < -0.39 is 0 Å². The Balaban J connectivity index is 1.59. The second-order valence-corrected chi connectivity index (χ2v) is 7.88. The lowest BCUT2D eigenvalue weighted by Gasteiger charge is -2.15. The Morgan fingerprint density at radius 2 is 1.63 bits per heavy atom. The highest BCUT2D eigenvalue weighted by Crippen LogP contribution is 2.34. The number of nitrogens with zero attached hydrogens (tertiary/aromatic N) is 3. The molecule has 150 valence electrons. The van der Waals surface area contributed by atoms with Crippen molar-refractivity contribution in [2.24, 2.45) is 10.2 Å². The summed E-state index contributed by atoms with van der Waals surface area (Å²) in [5.74, 6) is 0.809. The van der Waals surface area contributed by atoms with Crippen LogP contribution in [0.4, 0.5) is 5.69 Å². The summed E-state index contributed by atoms with van der Waals surface area (Å²) >= 11 is 1.44. The Bertz CT molecular complexity index is 1050. The minimum Gasteiger partial charge on any atom is -0.497 e. The number of anilines is 1. The number of carbonyl (C=O) groups is 1. The van der Waals surface area contributed by atoms with Crippen LogP contribution in [0.15, 0.2) is 95.1 Å². The number of hydrogen-bond donors (Lipinski definition) is 0. The van der Waals surface area contributed by atoms with E-state index in [4.69, 9.17) is 4.74 Å². The van der Waals surface area contributed by atoms with Gasteiger partial charge in [0.25, 0.3) is 0 Å². The number of benzene rings is 3. The van der Waals surface area contributed by atoms with Gasteiger partial charge in [0, 0.05) is 0 Å². The molecule has 1 saturated heterocycles. The summed E-state index contributed by atoms with van der Waals surface area (Å²) in [6.45, 7) is 0. The van der Waals surface area contributed by atoms with Gasteiger partial charge in [0.05, 0.1) is 24.3 Å². The minimum absolute atomic E-state index is 0.00989. The second kappa shape index (κ2) is 9.41. The molecule has 1 unspecified atom stereocenters. The topological polar surface area (TPSA) is 54.3 Å². The number of thioether (sulfide) groups is 1. The number of amides is 1. The summed E-state index contributed by atoms with van der Waals surface area (Å²) in [4.78, 5) is 14.9. The predicted molar refractivity (Wildman–Crippen MR) is 123 cm³/mol. The van der Waals surface area contributed by atoms with E-state index in [1.165, 1.54) is 11.8 Å². The highest BCUT2D eigenvalue weighted by atomic mass is 32.2. The van der Waals surface area contributed by atoms with Crippen LogP contribution in [-0.2, 0) is 11.2 Å². The summed E-state index contributed by atoms with van der Waals surface area (Å²) < 4.78 is 5.22. The molecule has 1 aliphatic rings. The van der Waals surface area contributed by atoms with Crippen LogP contribution in [0.2, 0.25) is 0 Å². The minimum atomic E-state index is -0.260. The first kappa shape index (κ1) is 19.9. The molecule has 1 amide bonds. The van der Waals surface area contributed by atoms with Crippen molar-refractivity contribution in [3.05, 3.63) is 96.1 Å². The fourth-order valence-electron chi connectivity index (χ4n) is 3.14. The van der Waals surface area contributed by atoms with Crippen molar-refractivity contribution in [3.63, 3.8) is 0 Å². The highest BCUT2D eigenvalue weighted by molar-refractivity contribution is 8.16. The predicted octanol–water partition coefficient (Wildman–Crippen LogP) is 4.78. The standard InChI is InChI=1S/C24H21N3O2S/c1-29-21-14-12-18(13-15-21)16-22-23(28)27(20-10-6-3-7-11-20)24(30-22)26-25-17-19-8-4-2-5-9-19/h2-15,17,22H,16H2,1H3/b25-17+,26-24-. The lowest BCUT2D eigenvalue weighted by molar-refractivity contribution is -0.116. The van der Waals surface area contributed by atoms with Crippen LogP contribution in [0.1, 0.15) is 11.1 Å². The van der Waals surface area contributed by atoms with Crippen LogP contribution in [0, 0.1) is 0 Å². The van der Waals surface area contributed by atoms with Gasteiger partial charge in [-0.3, -0.25) is 9.69 Å². The third-order valence-electron chi connectivity index (χ3n) is 4.68. The van der Waals surface area contributed by atoms with E-state index in [-0.39, 0.29) is 11.2 Å². The Hall–Kier alpha value is -3.38. The molecule has 1 atom stereocenters. The van der Waals surface area contributed by atoms with Gasteiger partial charge >= 0.3 is 0 Å². The molecule has 3 aromatic carbocycles. The highest BCUT2D eigenvalue weighted by Gasteiger charge is 2.39. The van der Waals surface area contributed by atoms with Crippen molar-refractivity contribution in [2.75, 3.05) is 12.0 Å². The van der Waals surface area contributed by atoms with Gasteiger partial charge < -0.3 is 4.74 Å². The molecule has 3 aromatic rings. The van der Waals surface area contributed by atoms with Crippen LogP contribution in [0.5, 0.6) is 5.75 Å². The van der Waals surface area contributed by atoms with Crippen molar-refractivity contribution in [1.82, 2.24) is 0 Å². The number of hydrogen-bond acceptors (Lipinski definition) is 5. The largest absolute Gasteiger partial charge is 0.497 e. The summed E-state index contributed by atoms with van der Waals surface area (Å²) in [5, 5.41) is 8.93. The first-order valence-electron chi connectivity index (χ1n) is 9.59. The number of ether oxygens (including phenoxy) is 1. The summed E-state index contributed by atoms with van der Waals surface area (Å²) in [6.07, 6.45) is 2.30. The van der Waals surface area contributed by atoms with Gasteiger partial charge in [0.1, 0.15) is 5.75 Å². The Labute approximate surface area is 180 Å². The Morgan fingerprint density at radius 3 is 2.30 bits per heavy atom. The van der Waals surface area contributed by atoms with Crippen LogP contribution in [-0.4, -0.2) is 29.6 Å². The van der Waals surface area contributed by atoms with Gasteiger partial charge in [-0.15, -0.1) is 5.10 Å². The molecule has 30 heavy (non-hydrogen) atoms. The fraction of sp³-hybridized carbons (Fsp3) is 0.125. The van der Waals surface area contributed by atoms with Crippen molar-refractivity contribution in [3.8, 4) is 5.75 Å². The second-order valence-electron chi connectivity index (χ2n) is 6.71. The molecular weight excluding hydrogens is 394 g/mol. The zero-order valence-corrected chi connectivity index (χ0v) is 17.3. The van der Waals surface area contributed by atoms with Gasteiger partial charge in [-0.2, -0.15) is 5.10 Å². The Morgan fingerprint density at radius 1 is 0.967 bits per heavy atom. The van der Waals surface area contributed by atoms with Crippen LogP contribution in [0.25, 0.3) is 0 Å². The molecule has 0 spiro atoms. The van der Waals surface area contributed by atoms with E-state index in [0.29, 0.717) is 11.6 Å². The van der Waals surface area contributed by atoms with Crippen molar-refractivity contribution in [1.29, 1.82) is 0 Å². The van der Waals surface area contributed by atoms with Gasteiger partial charge in [-0.05, 0) is 41.8 Å². The molecule has 0 aliphatic carbocycles. The summed E-state index contributed by atoms with van der Waals surface area (Å²) in [5.41, 5.74) is 2.82. The zero-order chi connectivity index (χ0) is 20.8. The molecule has 0 bridgehead atoms. The maximum Gasteiger partial charge on any atom is 0.247 e. The first-order valence-corrected chi connectivity index (χ1v) is 10.5. The average Bonchev–Trinajstić information content (AvgIpc) is 3.10. The van der Waals surface area contributed by atoms with Crippen LogP contribution >= 0.6 is 11.8 Å². The van der Waals surface area contributed by atoms with E-state index in [9.17, 15) is 4.79 Å². The van der Waals surface area contributed by atoms with Crippen LogP contribution < -0.4 is 9.64 Å². The molecule has 0 radical (unpaired) electrons. The molecule has 4 rings (SSSR count). The molecule has 0 N–H and O–H groups in total. The molecule has 5 nitrogen and oxygen atoms in total. The molecular formula is C24H21N3O2S. The number of methoxy groups -OCH3 is 1. The third-order valence-corrected chi connectivity index (χ3v) is 5.81.